The molecular formula is C28H17ClFNO4S. The summed E-state index contributed by atoms with van der Waals surface area (Å²) >= 11 is 7.04. The third-order valence-corrected chi connectivity index (χ3v) is 7.57. The second kappa shape index (κ2) is 8.69. The fraction of sp³-hybridized carbons (Fsp3) is 0.0714. The van der Waals surface area contributed by atoms with Gasteiger partial charge in [-0.25, -0.2) is 9.18 Å². The van der Waals surface area contributed by atoms with Gasteiger partial charge in [0.1, 0.15) is 16.1 Å². The molecular weight excluding hydrogens is 501 g/mol. The van der Waals surface area contributed by atoms with Gasteiger partial charge in [0.2, 0.25) is 0 Å². The van der Waals surface area contributed by atoms with Crippen molar-refractivity contribution in [1.29, 1.82) is 0 Å². The quantitative estimate of drug-likeness (QED) is 0.301. The summed E-state index contributed by atoms with van der Waals surface area (Å²) in [4.78, 5) is 27.5. The number of aromatic hydroxyl groups is 1. The fourth-order valence-corrected chi connectivity index (χ4v) is 5.84. The second-order valence-corrected chi connectivity index (χ2v) is 9.95. The maximum atomic E-state index is 14.0. The number of nitrogens with zero attached hydrogens (tertiary/aromatic N) is 1. The first-order valence-corrected chi connectivity index (χ1v) is 12.4. The standard InChI is InChI=1S/C28H17ClFNO4S/c29-16-5-3-6-19(14-16)36-26-24(32)22-25(35-28(26)34)21-13-8-15-4-1-2-7-20(15)23(21)31(27(22)33)18-11-9-17(30)10-12-18/h1-7,9-12,14,32H,8,13H2. The highest BCUT2D eigenvalue weighted by Crippen LogP contribution is 2.41. The van der Waals surface area contributed by atoms with Crippen LogP contribution in [0.5, 0.6) is 5.75 Å². The summed E-state index contributed by atoms with van der Waals surface area (Å²) in [6.45, 7) is 0. The molecule has 2 aromatic heterocycles. The van der Waals surface area contributed by atoms with E-state index in [1.54, 1.807) is 24.3 Å². The molecule has 0 radical (unpaired) electrons. The van der Waals surface area contributed by atoms with Crippen LogP contribution in [0.2, 0.25) is 5.02 Å². The third-order valence-electron chi connectivity index (χ3n) is 6.28. The SMILES string of the molecule is O=c1oc2c3c(n(-c4ccc(F)cc4)c(=O)c2c(O)c1Sc1cccc(Cl)c1)-c1ccccc1CC3. The van der Waals surface area contributed by atoms with E-state index in [4.69, 9.17) is 16.0 Å². The van der Waals surface area contributed by atoms with E-state index in [1.165, 1.54) is 28.8 Å². The number of aromatic nitrogens is 1. The zero-order valence-electron chi connectivity index (χ0n) is 18.6. The first-order valence-electron chi connectivity index (χ1n) is 11.2. The number of pyridine rings is 1. The minimum absolute atomic E-state index is 0.0702. The van der Waals surface area contributed by atoms with E-state index < -0.39 is 22.8 Å². The van der Waals surface area contributed by atoms with Crippen molar-refractivity contribution in [2.45, 2.75) is 22.6 Å². The van der Waals surface area contributed by atoms with Gasteiger partial charge in [0, 0.05) is 26.7 Å². The molecule has 0 saturated carbocycles. The lowest BCUT2D eigenvalue weighted by molar-refractivity contribution is 0.445. The fourth-order valence-electron chi connectivity index (χ4n) is 4.69. The Morgan fingerprint density at radius 1 is 0.972 bits per heavy atom. The molecule has 0 saturated heterocycles. The Morgan fingerprint density at radius 3 is 2.53 bits per heavy atom. The van der Waals surface area contributed by atoms with E-state index in [1.807, 2.05) is 24.3 Å². The molecule has 0 amide bonds. The summed E-state index contributed by atoms with van der Waals surface area (Å²) in [6, 6.07) is 20.1. The van der Waals surface area contributed by atoms with Gasteiger partial charge in [-0.3, -0.25) is 9.36 Å². The predicted octanol–water partition coefficient (Wildman–Crippen LogP) is 6.36. The zero-order valence-corrected chi connectivity index (χ0v) is 20.2. The first-order chi connectivity index (χ1) is 17.4. The molecule has 0 bridgehead atoms. The molecule has 0 aliphatic heterocycles. The van der Waals surface area contributed by atoms with Crippen LogP contribution in [-0.2, 0) is 12.8 Å². The van der Waals surface area contributed by atoms with Crippen molar-refractivity contribution in [2.24, 2.45) is 0 Å². The monoisotopic (exact) mass is 517 g/mol. The Balaban J connectivity index is 1.70. The number of hydrogen-bond donors (Lipinski definition) is 1. The lowest BCUT2D eigenvalue weighted by atomic mass is 9.87. The molecule has 3 aromatic carbocycles. The van der Waals surface area contributed by atoms with Gasteiger partial charge in [-0.1, -0.05) is 53.7 Å². The van der Waals surface area contributed by atoms with Crippen LogP contribution in [-0.4, -0.2) is 9.67 Å². The minimum atomic E-state index is -0.745. The third kappa shape index (κ3) is 3.63. The summed E-state index contributed by atoms with van der Waals surface area (Å²) < 4.78 is 20.9. The Hall–Kier alpha value is -3.81. The Morgan fingerprint density at radius 2 is 1.75 bits per heavy atom. The van der Waals surface area contributed by atoms with Crippen LogP contribution in [0.3, 0.4) is 0 Å². The smallest absolute Gasteiger partial charge is 0.354 e. The van der Waals surface area contributed by atoms with Crippen LogP contribution < -0.4 is 11.2 Å². The van der Waals surface area contributed by atoms with E-state index in [9.17, 15) is 19.1 Å². The number of hydrogen-bond acceptors (Lipinski definition) is 5. The van der Waals surface area contributed by atoms with Gasteiger partial charge in [0.15, 0.2) is 11.3 Å². The lowest BCUT2D eigenvalue weighted by Gasteiger charge is -2.25. The van der Waals surface area contributed by atoms with E-state index in [-0.39, 0.29) is 15.9 Å². The number of fused-ring (bicyclic) bond motifs is 5. The van der Waals surface area contributed by atoms with Crippen molar-refractivity contribution in [3.8, 4) is 22.7 Å². The second-order valence-electron chi connectivity index (χ2n) is 8.43. The Bertz CT molecular complexity index is 1790. The van der Waals surface area contributed by atoms with Crippen LogP contribution >= 0.6 is 23.4 Å². The normalized spacial score (nSPS) is 12.4. The molecule has 0 spiro atoms. The van der Waals surface area contributed by atoms with Gasteiger partial charge in [-0.15, -0.1) is 0 Å². The largest absolute Gasteiger partial charge is 0.505 e. The van der Waals surface area contributed by atoms with Gasteiger partial charge in [-0.2, -0.15) is 0 Å². The highest BCUT2D eigenvalue weighted by molar-refractivity contribution is 7.99. The highest BCUT2D eigenvalue weighted by Gasteiger charge is 2.29. The maximum absolute atomic E-state index is 14.0. The van der Waals surface area contributed by atoms with Crippen LogP contribution in [0.25, 0.3) is 27.9 Å². The van der Waals surface area contributed by atoms with Crippen molar-refractivity contribution in [2.75, 3.05) is 0 Å². The molecule has 5 aromatic rings. The van der Waals surface area contributed by atoms with Crippen molar-refractivity contribution < 1.29 is 13.9 Å². The average molecular weight is 518 g/mol. The predicted molar refractivity (Wildman–Crippen MR) is 138 cm³/mol. The molecule has 2 heterocycles. The molecule has 178 valence electrons. The van der Waals surface area contributed by atoms with Crippen LogP contribution in [0.4, 0.5) is 4.39 Å². The molecule has 1 aliphatic rings. The summed E-state index contributed by atoms with van der Waals surface area (Å²) in [5, 5.41) is 11.6. The Labute approximate surface area is 213 Å². The molecule has 0 atom stereocenters. The molecule has 0 unspecified atom stereocenters. The van der Waals surface area contributed by atoms with Crippen molar-refractivity contribution in [3.05, 3.63) is 116 Å². The minimum Gasteiger partial charge on any atom is -0.505 e. The molecule has 1 N–H and O–H groups in total. The summed E-state index contributed by atoms with van der Waals surface area (Å²) in [6.07, 6.45) is 1.16. The summed E-state index contributed by atoms with van der Waals surface area (Å²) in [7, 11) is 0. The average Bonchev–Trinajstić information content (AvgIpc) is 2.87. The number of aryl methyl sites for hydroxylation is 2. The topological polar surface area (TPSA) is 72.4 Å². The zero-order chi connectivity index (χ0) is 25.0. The molecule has 1 aliphatic carbocycles. The number of benzene rings is 3. The molecule has 6 rings (SSSR count). The molecule has 0 fully saturated rings. The van der Waals surface area contributed by atoms with Crippen molar-refractivity contribution >= 4 is 34.3 Å². The Kier molecular flexibility index (Phi) is 5.47. The number of halogens is 2. The van der Waals surface area contributed by atoms with E-state index in [0.717, 1.165) is 22.9 Å². The van der Waals surface area contributed by atoms with Gasteiger partial charge in [0.05, 0.1) is 5.69 Å². The number of rotatable bonds is 3. The lowest BCUT2D eigenvalue weighted by Crippen LogP contribution is -2.25. The summed E-state index contributed by atoms with van der Waals surface area (Å²) in [5.41, 5.74) is 2.26. The van der Waals surface area contributed by atoms with E-state index >= 15 is 0 Å². The van der Waals surface area contributed by atoms with Crippen molar-refractivity contribution in [3.63, 3.8) is 0 Å². The molecule has 5 nitrogen and oxygen atoms in total. The van der Waals surface area contributed by atoms with Crippen molar-refractivity contribution in [1.82, 2.24) is 4.57 Å². The molecule has 36 heavy (non-hydrogen) atoms. The van der Waals surface area contributed by atoms with E-state index in [0.29, 0.717) is 39.7 Å². The highest BCUT2D eigenvalue weighted by atomic mass is 35.5. The van der Waals surface area contributed by atoms with Gasteiger partial charge < -0.3 is 9.52 Å². The van der Waals surface area contributed by atoms with Gasteiger partial charge in [0.25, 0.3) is 5.56 Å². The van der Waals surface area contributed by atoms with Crippen LogP contribution in [0, 0.1) is 5.82 Å². The van der Waals surface area contributed by atoms with Crippen LogP contribution in [0.1, 0.15) is 11.1 Å². The van der Waals surface area contributed by atoms with E-state index in [2.05, 4.69) is 0 Å². The molecule has 8 heteroatoms. The van der Waals surface area contributed by atoms with Gasteiger partial charge >= 0.3 is 5.63 Å². The summed E-state index contributed by atoms with van der Waals surface area (Å²) in [5.74, 6) is -0.885. The first kappa shape index (κ1) is 22.6. The van der Waals surface area contributed by atoms with Gasteiger partial charge in [-0.05, 0) is 60.9 Å². The maximum Gasteiger partial charge on any atom is 0.354 e. The van der Waals surface area contributed by atoms with Crippen LogP contribution in [0.15, 0.2) is 96.6 Å².